The zero-order valence-electron chi connectivity index (χ0n) is 10.1. The predicted octanol–water partition coefficient (Wildman–Crippen LogP) is 0.855. The average molecular weight is 239 g/mol. The lowest BCUT2D eigenvalue weighted by Gasteiger charge is -2.18. The first-order valence-electron chi connectivity index (χ1n) is 6.42. The summed E-state index contributed by atoms with van der Waals surface area (Å²) in [7, 11) is 0. The van der Waals surface area contributed by atoms with E-state index in [0.717, 1.165) is 25.7 Å². The van der Waals surface area contributed by atoms with Crippen LogP contribution >= 0.6 is 0 Å². The number of nitrogens with one attached hydrogen (secondary N) is 1. The Morgan fingerprint density at radius 1 is 1.47 bits per heavy atom. The summed E-state index contributed by atoms with van der Waals surface area (Å²) in [6.07, 6.45) is 4.99. The quantitative estimate of drug-likeness (QED) is 0.715. The molecule has 0 radical (unpaired) electrons. The van der Waals surface area contributed by atoms with E-state index in [1.807, 2.05) is 0 Å². The number of amides is 1. The van der Waals surface area contributed by atoms with E-state index in [-0.39, 0.29) is 30.0 Å². The normalized spacial score (nSPS) is 37.0. The number of carbonyl (C=O) groups excluding carboxylic acids is 1. The molecule has 0 unspecified atom stereocenters. The summed E-state index contributed by atoms with van der Waals surface area (Å²) >= 11 is 0. The van der Waals surface area contributed by atoms with Crippen LogP contribution in [0.4, 0.5) is 0 Å². The van der Waals surface area contributed by atoms with Crippen LogP contribution in [0, 0.1) is 11.8 Å². The highest BCUT2D eigenvalue weighted by Crippen LogP contribution is 2.25. The molecular weight excluding hydrogens is 218 g/mol. The van der Waals surface area contributed by atoms with Gasteiger partial charge < -0.3 is 15.2 Å². The first-order valence-corrected chi connectivity index (χ1v) is 6.42. The van der Waals surface area contributed by atoms with Crippen molar-refractivity contribution in [2.24, 2.45) is 11.8 Å². The van der Waals surface area contributed by atoms with Gasteiger partial charge in [-0.3, -0.25) is 4.79 Å². The van der Waals surface area contributed by atoms with E-state index < -0.39 is 0 Å². The Balaban J connectivity index is 1.78. The first kappa shape index (κ1) is 12.6. The molecule has 4 nitrogen and oxygen atoms in total. The van der Waals surface area contributed by atoms with Crippen LogP contribution in [0.25, 0.3) is 0 Å². The molecule has 0 spiro atoms. The molecule has 2 fully saturated rings. The second-order valence-electron chi connectivity index (χ2n) is 4.97. The van der Waals surface area contributed by atoms with Gasteiger partial charge in [-0.2, -0.15) is 0 Å². The predicted molar refractivity (Wildman–Crippen MR) is 64.4 cm³/mol. The molecule has 96 valence electrons. The third-order valence-electron chi connectivity index (χ3n) is 3.86. The Morgan fingerprint density at radius 3 is 2.94 bits per heavy atom. The lowest BCUT2D eigenvalue weighted by atomic mass is 9.99. The minimum atomic E-state index is -0.245. The van der Waals surface area contributed by atoms with Crippen molar-refractivity contribution in [1.29, 1.82) is 0 Å². The van der Waals surface area contributed by atoms with Crippen molar-refractivity contribution in [2.45, 2.75) is 37.9 Å². The van der Waals surface area contributed by atoms with Gasteiger partial charge in [0.05, 0.1) is 18.1 Å². The first-order chi connectivity index (χ1) is 8.22. The highest BCUT2D eigenvalue weighted by Gasteiger charge is 2.33. The molecule has 1 aliphatic heterocycles. The summed E-state index contributed by atoms with van der Waals surface area (Å²) in [4.78, 5) is 12.0. The molecule has 4 atom stereocenters. The van der Waals surface area contributed by atoms with Gasteiger partial charge in [0, 0.05) is 19.1 Å². The Morgan fingerprint density at radius 2 is 2.29 bits per heavy atom. The molecule has 4 heteroatoms. The Kier molecular flexibility index (Phi) is 4.18. The van der Waals surface area contributed by atoms with E-state index in [0.29, 0.717) is 13.2 Å². The molecule has 1 saturated heterocycles. The van der Waals surface area contributed by atoms with Gasteiger partial charge in [-0.15, -0.1) is 6.58 Å². The maximum Gasteiger partial charge on any atom is 0.226 e. The van der Waals surface area contributed by atoms with Crippen LogP contribution < -0.4 is 5.32 Å². The summed E-state index contributed by atoms with van der Waals surface area (Å²) in [5, 5.41) is 12.6. The Bertz CT molecular complexity index is 292. The Labute approximate surface area is 102 Å². The number of hydrogen-bond donors (Lipinski definition) is 2. The van der Waals surface area contributed by atoms with Gasteiger partial charge in [0.2, 0.25) is 5.91 Å². The van der Waals surface area contributed by atoms with Crippen molar-refractivity contribution in [3.63, 3.8) is 0 Å². The van der Waals surface area contributed by atoms with Crippen LogP contribution in [-0.4, -0.2) is 36.4 Å². The van der Waals surface area contributed by atoms with Crippen molar-refractivity contribution in [2.75, 3.05) is 13.2 Å². The van der Waals surface area contributed by atoms with Crippen molar-refractivity contribution in [1.82, 2.24) is 5.32 Å². The zero-order valence-corrected chi connectivity index (χ0v) is 10.1. The summed E-state index contributed by atoms with van der Waals surface area (Å²) in [6, 6.07) is 0. The van der Waals surface area contributed by atoms with E-state index in [4.69, 9.17) is 4.74 Å². The SMILES string of the molecule is C=C[C@@H]1OCC[C@H]1C(=O)NC[C@H]1CCC[C@@H]1O. The van der Waals surface area contributed by atoms with Gasteiger partial charge >= 0.3 is 0 Å². The van der Waals surface area contributed by atoms with E-state index in [1.165, 1.54) is 0 Å². The van der Waals surface area contributed by atoms with Gasteiger partial charge in [0.1, 0.15) is 0 Å². The summed E-state index contributed by atoms with van der Waals surface area (Å²) in [5.41, 5.74) is 0. The number of aliphatic hydroxyl groups excluding tert-OH is 1. The van der Waals surface area contributed by atoms with Gasteiger partial charge in [0.25, 0.3) is 0 Å². The highest BCUT2D eigenvalue weighted by atomic mass is 16.5. The fourth-order valence-electron chi connectivity index (χ4n) is 2.74. The molecule has 1 saturated carbocycles. The average Bonchev–Trinajstić information content (AvgIpc) is 2.94. The van der Waals surface area contributed by atoms with Crippen molar-refractivity contribution >= 4 is 5.91 Å². The molecule has 0 aromatic heterocycles. The molecule has 0 aromatic rings. The zero-order chi connectivity index (χ0) is 12.3. The smallest absolute Gasteiger partial charge is 0.226 e. The highest BCUT2D eigenvalue weighted by molar-refractivity contribution is 5.79. The van der Waals surface area contributed by atoms with Gasteiger partial charge in [-0.25, -0.2) is 0 Å². The molecule has 0 bridgehead atoms. The van der Waals surface area contributed by atoms with Crippen molar-refractivity contribution < 1.29 is 14.6 Å². The largest absolute Gasteiger partial charge is 0.393 e. The molecular formula is C13H21NO3. The van der Waals surface area contributed by atoms with Crippen molar-refractivity contribution in [3.8, 4) is 0 Å². The van der Waals surface area contributed by atoms with E-state index in [2.05, 4.69) is 11.9 Å². The molecule has 1 amide bonds. The molecule has 2 N–H and O–H groups in total. The minimum Gasteiger partial charge on any atom is -0.393 e. The van der Waals surface area contributed by atoms with Crippen LogP contribution in [0.3, 0.4) is 0 Å². The minimum absolute atomic E-state index is 0.0338. The molecule has 17 heavy (non-hydrogen) atoms. The summed E-state index contributed by atoms with van der Waals surface area (Å²) < 4.78 is 5.40. The third-order valence-corrected chi connectivity index (χ3v) is 3.86. The summed E-state index contributed by atoms with van der Waals surface area (Å²) in [6.45, 7) is 4.89. The van der Waals surface area contributed by atoms with Gasteiger partial charge in [0.15, 0.2) is 0 Å². The topological polar surface area (TPSA) is 58.6 Å². The number of carbonyl (C=O) groups is 1. The van der Waals surface area contributed by atoms with E-state index in [1.54, 1.807) is 6.08 Å². The van der Waals surface area contributed by atoms with E-state index in [9.17, 15) is 9.90 Å². The monoisotopic (exact) mass is 239 g/mol. The third kappa shape index (κ3) is 2.87. The van der Waals surface area contributed by atoms with Crippen LogP contribution in [0.2, 0.25) is 0 Å². The maximum atomic E-state index is 12.0. The van der Waals surface area contributed by atoms with Gasteiger partial charge in [-0.05, 0) is 19.3 Å². The number of hydrogen-bond acceptors (Lipinski definition) is 3. The van der Waals surface area contributed by atoms with Crippen LogP contribution in [0.5, 0.6) is 0 Å². The molecule has 0 aromatic carbocycles. The molecule has 2 rings (SSSR count). The fourth-order valence-corrected chi connectivity index (χ4v) is 2.74. The summed E-state index contributed by atoms with van der Waals surface area (Å²) in [5.74, 6) is 0.154. The number of rotatable bonds is 4. The lowest BCUT2D eigenvalue weighted by molar-refractivity contribution is -0.126. The maximum absolute atomic E-state index is 12.0. The second kappa shape index (κ2) is 5.65. The van der Waals surface area contributed by atoms with Crippen LogP contribution in [-0.2, 0) is 9.53 Å². The Hall–Kier alpha value is -0.870. The number of ether oxygens (including phenoxy) is 1. The van der Waals surface area contributed by atoms with Crippen LogP contribution in [0.1, 0.15) is 25.7 Å². The molecule has 1 heterocycles. The fraction of sp³-hybridized carbons (Fsp3) is 0.769. The van der Waals surface area contributed by atoms with Crippen LogP contribution in [0.15, 0.2) is 12.7 Å². The molecule has 1 aliphatic carbocycles. The van der Waals surface area contributed by atoms with E-state index >= 15 is 0 Å². The van der Waals surface area contributed by atoms with Gasteiger partial charge in [-0.1, -0.05) is 12.5 Å². The molecule has 2 aliphatic rings. The second-order valence-corrected chi connectivity index (χ2v) is 4.97. The lowest BCUT2D eigenvalue weighted by Crippen LogP contribution is -2.38. The van der Waals surface area contributed by atoms with Crippen molar-refractivity contribution in [3.05, 3.63) is 12.7 Å². The number of aliphatic hydroxyl groups is 1. The standard InChI is InChI=1S/C13H21NO3/c1-2-12-10(6-7-17-12)13(16)14-8-9-4-3-5-11(9)15/h2,9-12,15H,1,3-8H2,(H,14,16)/t9-,10-,11+,12+/m1/s1.